The third-order valence-electron chi connectivity index (χ3n) is 2.88. The summed E-state index contributed by atoms with van der Waals surface area (Å²) in [5.41, 5.74) is -1.18. The van der Waals surface area contributed by atoms with E-state index in [1.807, 2.05) is 0 Å². The van der Waals surface area contributed by atoms with Gasteiger partial charge in [-0.05, 0) is 17.7 Å². The molecule has 0 aliphatic carbocycles. The van der Waals surface area contributed by atoms with Crippen molar-refractivity contribution in [3.05, 3.63) is 53.9 Å². The van der Waals surface area contributed by atoms with Crippen molar-refractivity contribution in [2.24, 2.45) is 0 Å². The molecule has 2 rings (SSSR count). The number of carboxylic acids is 1. The second-order valence-corrected chi connectivity index (χ2v) is 4.28. The van der Waals surface area contributed by atoms with E-state index in [9.17, 15) is 23.1 Å². The highest BCUT2D eigenvalue weighted by Crippen LogP contribution is 2.37. The molecule has 1 aromatic carbocycles. The summed E-state index contributed by atoms with van der Waals surface area (Å²) in [6, 6.07) is 6.23. The Morgan fingerprint density at radius 3 is 2.43 bits per heavy atom. The minimum absolute atomic E-state index is 0.233. The van der Waals surface area contributed by atoms with Crippen LogP contribution < -0.4 is 0 Å². The van der Waals surface area contributed by atoms with Crippen LogP contribution in [0.25, 0.3) is 11.1 Å². The first kappa shape index (κ1) is 15.0. The number of carbonyl (C=O) groups is 1. The van der Waals surface area contributed by atoms with Crippen molar-refractivity contribution in [1.29, 1.82) is 0 Å². The van der Waals surface area contributed by atoms with Crippen LogP contribution >= 0.6 is 0 Å². The number of nitrogens with zero attached hydrogens (tertiary/aromatic N) is 1. The van der Waals surface area contributed by atoms with Gasteiger partial charge in [-0.15, -0.1) is 0 Å². The lowest BCUT2D eigenvalue weighted by molar-refractivity contribution is -0.149. The van der Waals surface area contributed by atoms with Crippen molar-refractivity contribution in [3.63, 3.8) is 0 Å². The fourth-order valence-electron chi connectivity index (χ4n) is 1.89. The van der Waals surface area contributed by atoms with Crippen molar-refractivity contribution in [1.82, 2.24) is 4.98 Å². The summed E-state index contributed by atoms with van der Waals surface area (Å²) in [4.78, 5) is 14.5. The van der Waals surface area contributed by atoms with Gasteiger partial charge >= 0.3 is 12.1 Å². The predicted octanol–water partition coefficient (Wildman–Crippen LogP) is 2.89. The standard InChI is InChI=1S/C14H10F3NO3/c15-14(16,17)11-6-8(9-2-1-5-18-7-9)3-4-10(11)12(19)13(20)21/h1-7,12,19H,(H,20,21). The fourth-order valence-corrected chi connectivity index (χ4v) is 1.89. The monoisotopic (exact) mass is 297 g/mol. The Labute approximate surface area is 117 Å². The average molecular weight is 297 g/mol. The summed E-state index contributed by atoms with van der Waals surface area (Å²) in [5.74, 6) is -1.74. The largest absolute Gasteiger partial charge is 0.479 e. The number of carboxylic acid groups (broad SMARTS) is 1. The second kappa shape index (κ2) is 5.53. The highest BCUT2D eigenvalue weighted by Gasteiger charge is 2.36. The maximum absolute atomic E-state index is 13.0. The molecule has 0 saturated heterocycles. The van der Waals surface area contributed by atoms with E-state index in [0.29, 0.717) is 5.56 Å². The average Bonchev–Trinajstić information content (AvgIpc) is 2.46. The normalized spacial score (nSPS) is 13.0. The third kappa shape index (κ3) is 3.19. The lowest BCUT2D eigenvalue weighted by Gasteiger charge is -2.16. The van der Waals surface area contributed by atoms with Crippen molar-refractivity contribution >= 4 is 5.97 Å². The Hall–Kier alpha value is -2.41. The molecule has 4 nitrogen and oxygen atoms in total. The number of halogens is 3. The molecule has 0 aliphatic heterocycles. The number of benzene rings is 1. The van der Waals surface area contributed by atoms with Crippen molar-refractivity contribution in [3.8, 4) is 11.1 Å². The van der Waals surface area contributed by atoms with Crippen molar-refractivity contribution in [2.45, 2.75) is 12.3 Å². The van der Waals surface area contributed by atoms with Gasteiger partial charge in [0.05, 0.1) is 5.56 Å². The Kier molecular flexibility index (Phi) is 3.95. The van der Waals surface area contributed by atoms with Gasteiger partial charge in [0.25, 0.3) is 0 Å². The summed E-state index contributed by atoms with van der Waals surface area (Å²) in [5, 5.41) is 18.1. The molecule has 0 amide bonds. The zero-order valence-corrected chi connectivity index (χ0v) is 10.5. The minimum atomic E-state index is -4.77. The number of aliphatic carboxylic acids is 1. The molecule has 110 valence electrons. The van der Waals surface area contributed by atoms with Crippen molar-refractivity contribution in [2.75, 3.05) is 0 Å². The van der Waals surface area contributed by atoms with Gasteiger partial charge in [0.2, 0.25) is 0 Å². The summed E-state index contributed by atoms with van der Waals surface area (Å²) in [6.07, 6.45) is -4.13. The number of rotatable bonds is 3. The molecule has 2 aromatic rings. The minimum Gasteiger partial charge on any atom is -0.479 e. The number of aliphatic hydroxyl groups excluding tert-OH is 1. The third-order valence-corrected chi connectivity index (χ3v) is 2.88. The van der Waals surface area contributed by atoms with E-state index in [0.717, 1.165) is 12.1 Å². The lowest BCUT2D eigenvalue weighted by atomic mass is 9.96. The maximum atomic E-state index is 13.0. The molecule has 1 heterocycles. The molecule has 7 heteroatoms. The first-order valence-electron chi connectivity index (χ1n) is 5.83. The Balaban J connectivity index is 2.58. The summed E-state index contributed by atoms with van der Waals surface area (Å²) in [6.45, 7) is 0. The number of aromatic nitrogens is 1. The number of pyridine rings is 1. The molecule has 21 heavy (non-hydrogen) atoms. The van der Waals surface area contributed by atoms with Gasteiger partial charge in [-0.1, -0.05) is 18.2 Å². The lowest BCUT2D eigenvalue weighted by Crippen LogP contribution is -2.17. The van der Waals surface area contributed by atoms with Crippen LogP contribution in [0.1, 0.15) is 17.2 Å². The number of hydrogen-bond donors (Lipinski definition) is 2. The molecule has 0 radical (unpaired) electrons. The quantitative estimate of drug-likeness (QED) is 0.914. The SMILES string of the molecule is O=C(O)C(O)c1ccc(-c2cccnc2)cc1C(F)(F)F. The van der Waals surface area contributed by atoms with E-state index in [4.69, 9.17) is 5.11 Å². The van der Waals surface area contributed by atoms with Crippen LogP contribution in [-0.2, 0) is 11.0 Å². The fraction of sp³-hybridized carbons (Fsp3) is 0.143. The van der Waals surface area contributed by atoms with E-state index in [-0.39, 0.29) is 5.56 Å². The number of hydrogen-bond acceptors (Lipinski definition) is 3. The van der Waals surface area contributed by atoms with Crippen LogP contribution in [0.4, 0.5) is 13.2 Å². The molecule has 0 fully saturated rings. The first-order valence-corrected chi connectivity index (χ1v) is 5.83. The molecule has 0 saturated carbocycles. The number of alkyl halides is 3. The van der Waals surface area contributed by atoms with Gasteiger partial charge in [-0.3, -0.25) is 4.98 Å². The second-order valence-electron chi connectivity index (χ2n) is 4.28. The summed E-state index contributed by atoms with van der Waals surface area (Å²) >= 11 is 0. The zero-order valence-electron chi connectivity index (χ0n) is 10.5. The smallest absolute Gasteiger partial charge is 0.416 e. The van der Waals surface area contributed by atoms with E-state index < -0.39 is 29.4 Å². The van der Waals surface area contributed by atoms with Crippen LogP contribution in [0.15, 0.2) is 42.7 Å². The molecule has 1 atom stereocenters. The summed E-state index contributed by atoms with van der Waals surface area (Å²) < 4.78 is 39.1. The van der Waals surface area contributed by atoms with Crippen LogP contribution in [0, 0.1) is 0 Å². The number of aliphatic hydroxyl groups is 1. The summed E-state index contributed by atoms with van der Waals surface area (Å²) in [7, 11) is 0. The van der Waals surface area contributed by atoms with E-state index in [1.54, 1.807) is 12.1 Å². The Morgan fingerprint density at radius 2 is 1.90 bits per heavy atom. The van der Waals surface area contributed by atoms with E-state index in [2.05, 4.69) is 4.98 Å². The highest BCUT2D eigenvalue weighted by molar-refractivity contribution is 5.75. The molecule has 0 bridgehead atoms. The van der Waals surface area contributed by atoms with Gasteiger partial charge in [-0.2, -0.15) is 13.2 Å². The zero-order chi connectivity index (χ0) is 15.6. The first-order chi connectivity index (χ1) is 9.80. The molecule has 0 spiro atoms. The van der Waals surface area contributed by atoms with Crippen LogP contribution in [0.3, 0.4) is 0 Å². The Bertz CT molecular complexity index is 656. The van der Waals surface area contributed by atoms with Crippen molar-refractivity contribution < 1.29 is 28.2 Å². The van der Waals surface area contributed by atoms with Gasteiger partial charge in [0.1, 0.15) is 0 Å². The van der Waals surface area contributed by atoms with Gasteiger partial charge in [0.15, 0.2) is 6.10 Å². The topological polar surface area (TPSA) is 70.4 Å². The van der Waals surface area contributed by atoms with E-state index >= 15 is 0 Å². The maximum Gasteiger partial charge on any atom is 0.416 e. The van der Waals surface area contributed by atoms with Crippen LogP contribution in [-0.4, -0.2) is 21.2 Å². The molecule has 0 aliphatic rings. The van der Waals surface area contributed by atoms with Crippen LogP contribution in [0.2, 0.25) is 0 Å². The molecule has 2 N–H and O–H groups in total. The predicted molar refractivity (Wildman–Crippen MR) is 67.3 cm³/mol. The van der Waals surface area contributed by atoms with Gasteiger partial charge < -0.3 is 10.2 Å². The molecular formula is C14H10F3NO3. The molecule has 1 unspecified atom stereocenters. The van der Waals surface area contributed by atoms with E-state index in [1.165, 1.54) is 18.5 Å². The molecule has 1 aromatic heterocycles. The molecular weight excluding hydrogens is 287 g/mol. The van der Waals surface area contributed by atoms with Crippen LogP contribution in [0.5, 0.6) is 0 Å². The van der Waals surface area contributed by atoms with Gasteiger partial charge in [0, 0.05) is 23.5 Å². The Morgan fingerprint density at radius 1 is 1.19 bits per heavy atom. The highest BCUT2D eigenvalue weighted by atomic mass is 19.4. The van der Waals surface area contributed by atoms with Gasteiger partial charge in [-0.25, -0.2) is 4.79 Å².